The van der Waals surface area contributed by atoms with Gasteiger partial charge in [0.05, 0.1) is 6.10 Å². The van der Waals surface area contributed by atoms with Crippen LogP contribution in [0.4, 0.5) is 0 Å². The van der Waals surface area contributed by atoms with Gasteiger partial charge in [-0.3, -0.25) is 14.1 Å². The minimum Gasteiger partial charge on any atom is -0.438 e. The zero-order chi connectivity index (χ0) is 14.2. The molecule has 0 radical (unpaired) electrons. The fourth-order valence-electron chi connectivity index (χ4n) is 0.704. The summed E-state index contributed by atoms with van der Waals surface area (Å²) >= 11 is 0. The summed E-state index contributed by atoms with van der Waals surface area (Å²) in [4.78, 5) is 21.0. The van der Waals surface area contributed by atoms with Gasteiger partial charge in [-0.25, -0.2) is 13.6 Å². The van der Waals surface area contributed by atoms with Crippen LogP contribution in [-0.2, 0) is 37.2 Å². The molecule has 0 amide bonds. The monoisotopic (exact) mass is 284 g/mol. The smallest absolute Gasteiger partial charge is 0.438 e. The molecule has 18 heavy (non-hydrogen) atoms. The number of carbonyl (C=O) groups excluding carboxylic acids is 2. The van der Waals surface area contributed by atoms with Crippen molar-refractivity contribution >= 4 is 19.8 Å². The molecule has 0 saturated carbocycles. The Balaban J connectivity index is 4.28. The highest BCUT2D eigenvalue weighted by Crippen LogP contribution is 2.50. The lowest BCUT2D eigenvalue weighted by Gasteiger charge is -2.19. The number of carbonyl (C=O) groups is 2. The molecule has 8 nitrogen and oxygen atoms in total. The summed E-state index contributed by atoms with van der Waals surface area (Å²) in [6.07, 6.45) is -0.453. The maximum Gasteiger partial charge on any atom is 0.480 e. The van der Waals surface area contributed by atoms with Crippen LogP contribution in [0.5, 0.6) is 0 Å². The Bertz CT molecular complexity index is 303. The normalized spacial score (nSPS) is 11.4. The van der Waals surface area contributed by atoms with E-state index in [0.29, 0.717) is 0 Å². The van der Waals surface area contributed by atoms with Crippen molar-refractivity contribution in [3.05, 3.63) is 0 Å². The molecule has 0 aliphatic heterocycles. The van der Waals surface area contributed by atoms with Gasteiger partial charge in [0, 0.05) is 13.8 Å². The molecular formula is C9H17O8P. The molecule has 0 fully saturated rings. The van der Waals surface area contributed by atoms with Gasteiger partial charge in [0.2, 0.25) is 13.6 Å². The van der Waals surface area contributed by atoms with Crippen LogP contribution in [-0.4, -0.2) is 31.6 Å². The molecule has 0 N–H and O–H groups in total. The molecule has 9 heteroatoms. The van der Waals surface area contributed by atoms with Gasteiger partial charge >= 0.3 is 19.8 Å². The summed E-state index contributed by atoms with van der Waals surface area (Å²) in [6, 6.07) is 0. The van der Waals surface area contributed by atoms with Gasteiger partial charge in [-0.2, -0.15) is 0 Å². The van der Waals surface area contributed by atoms with Gasteiger partial charge < -0.3 is 9.47 Å². The van der Waals surface area contributed by atoms with E-state index in [1.54, 1.807) is 13.8 Å². The van der Waals surface area contributed by atoms with E-state index in [4.69, 9.17) is 13.6 Å². The van der Waals surface area contributed by atoms with E-state index in [2.05, 4.69) is 9.47 Å². The van der Waals surface area contributed by atoms with E-state index >= 15 is 0 Å². The van der Waals surface area contributed by atoms with Gasteiger partial charge in [0.15, 0.2) is 0 Å². The van der Waals surface area contributed by atoms with Crippen molar-refractivity contribution in [2.45, 2.75) is 33.8 Å². The van der Waals surface area contributed by atoms with Gasteiger partial charge in [0.1, 0.15) is 0 Å². The highest BCUT2D eigenvalue weighted by atomic mass is 31.2. The fraction of sp³-hybridized carbons (Fsp3) is 0.778. The third kappa shape index (κ3) is 9.12. The first-order chi connectivity index (χ1) is 8.25. The van der Waals surface area contributed by atoms with E-state index in [1.165, 1.54) is 0 Å². The van der Waals surface area contributed by atoms with Crippen LogP contribution in [0.3, 0.4) is 0 Å². The predicted octanol–water partition coefficient (Wildman–Crippen LogP) is 1.59. The van der Waals surface area contributed by atoms with Gasteiger partial charge in [0.25, 0.3) is 0 Å². The number of phosphoric ester groups is 1. The van der Waals surface area contributed by atoms with E-state index in [-0.39, 0.29) is 0 Å². The molecule has 0 aromatic heterocycles. The quantitative estimate of drug-likeness (QED) is 0.376. The van der Waals surface area contributed by atoms with Crippen LogP contribution < -0.4 is 0 Å². The second-order valence-electron chi connectivity index (χ2n) is 3.37. The summed E-state index contributed by atoms with van der Waals surface area (Å²) in [5.74, 6) is -1.21. The van der Waals surface area contributed by atoms with Crippen LogP contribution in [0, 0.1) is 0 Å². The Kier molecular flexibility index (Phi) is 7.77. The Morgan fingerprint density at radius 3 is 1.67 bits per heavy atom. The largest absolute Gasteiger partial charge is 0.480 e. The maximum absolute atomic E-state index is 11.9. The third-order valence-electron chi connectivity index (χ3n) is 1.29. The predicted molar refractivity (Wildman–Crippen MR) is 59.3 cm³/mol. The van der Waals surface area contributed by atoms with Crippen molar-refractivity contribution in [2.75, 3.05) is 13.6 Å². The average Bonchev–Trinajstić information content (AvgIpc) is 2.14. The molecule has 0 atom stereocenters. The molecule has 0 aliphatic rings. The van der Waals surface area contributed by atoms with E-state index in [9.17, 15) is 14.2 Å². The zero-order valence-electron chi connectivity index (χ0n) is 10.7. The topological polar surface area (TPSA) is 97.4 Å². The SMILES string of the molecule is CC(=O)OCOP(=O)(OCOC(C)=O)OC(C)C. The minimum atomic E-state index is -3.94. The summed E-state index contributed by atoms with van der Waals surface area (Å²) in [6.45, 7) is 4.38. The van der Waals surface area contributed by atoms with Gasteiger partial charge in [-0.1, -0.05) is 0 Å². The first kappa shape index (κ1) is 17.1. The molecule has 106 valence electrons. The molecule has 0 unspecified atom stereocenters. The molecule has 0 aromatic carbocycles. The molecule has 0 spiro atoms. The Morgan fingerprint density at radius 1 is 1.00 bits per heavy atom. The van der Waals surface area contributed by atoms with Crippen molar-refractivity contribution < 1.29 is 37.2 Å². The number of esters is 2. The fourth-order valence-corrected chi connectivity index (χ4v) is 1.78. The molecule has 0 heterocycles. The lowest BCUT2D eigenvalue weighted by atomic mass is 10.5. The van der Waals surface area contributed by atoms with Crippen molar-refractivity contribution in [3.8, 4) is 0 Å². The summed E-state index contributed by atoms with van der Waals surface area (Å²) < 4.78 is 35.2. The second-order valence-corrected chi connectivity index (χ2v) is 4.99. The standard InChI is InChI=1S/C9H17O8P/c1-7(2)17-18(12,15-5-13-8(3)10)16-6-14-9(4)11/h7H,5-6H2,1-4H3. The first-order valence-corrected chi connectivity index (χ1v) is 6.55. The third-order valence-corrected chi connectivity index (χ3v) is 2.81. The Labute approximate surface area is 105 Å². The Hall–Kier alpha value is -0.950. The molecule has 0 aliphatic carbocycles. The number of rotatable bonds is 8. The van der Waals surface area contributed by atoms with Crippen LogP contribution >= 0.6 is 7.82 Å². The molecule has 0 rings (SSSR count). The van der Waals surface area contributed by atoms with Gasteiger partial charge in [-0.15, -0.1) is 0 Å². The van der Waals surface area contributed by atoms with E-state index in [0.717, 1.165) is 13.8 Å². The number of phosphoric acid groups is 1. The lowest BCUT2D eigenvalue weighted by Crippen LogP contribution is -2.12. The van der Waals surface area contributed by atoms with Crippen LogP contribution in [0.2, 0.25) is 0 Å². The van der Waals surface area contributed by atoms with Crippen LogP contribution in [0.1, 0.15) is 27.7 Å². The number of ether oxygens (including phenoxy) is 2. The highest BCUT2D eigenvalue weighted by molar-refractivity contribution is 7.48. The summed E-state index contributed by atoms with van der Waals surface area (Å²) in [5, 5.41) is 0. The summed E-state index contributed by atoms with van der Waals surface area (Å²) in [5.41, 5.74) is 0. The van der Waals surface area contributed by atoms with E-state index in [1.807, 2.05) is 0 Å². The van der Waals surface area contributed by atoms with E-state index < -0.39 is 39.5 Å². The molecular weight excluding hydrogens is 267 g/mol. The maximum atomic E-state index is 11.9. The molecule has 0 bridgehead atoms. The molecule has 0 aromatic rings. The van der Waals surface area contributed by atoms with Crippen LogP contribution in [0.15, 0.2) is 0 Å². The highest BCUT2D eigenvalue weighted by Gasteiger charge is 2.29. The first-order valence-electron chi connectivity index (χ1n) is 5.09. The van der Waals surface area contributed by atoms with Crippen molar-refractivity contribution in [1.29, 1.82) is 0 Å². The number of hydrogen-bond donors (Lipinski definition) is 0. The van der Waals surface area contributed by atoms with Crippen molar-refractivity contribution in [2.24, 2.45) is 0 Å². The Morgan fingerprint density at radius 2 is 1.39 bits per heavy atom. The van der Waals surface area contributed by atoms with Crippen molar-refractivity contribution in [3.63, 3.8) is 0 Å². The van der Waals surface area contributed by atoms with Crippen LogP contribution in [0.25, 0.3) is 0 Å². The van der Waals surface area contributed by atoms with Gasteiger partial charge in [-0.05, 0) is 13.8 Å². The zero-order valence-corrected chi connectivity index (χ0v) is 11.6. The second kappa shape index (κ2) is 8.20. The minimum absolute atomic E-state index is 0.453. The number of hydrogen-bond acceptors (Lipinski definition) is 8. The summed E-state index contributed by atoms with van der Waals surface area (Å²) in [7, 11) is -3.94. The molecule has 0 saturated heterocycles. The lowest BCUT2D eigenvalue weighted by molar-refractivity contribution is -0.151. The average molecular weight is 284 g/mol. The van der Waals surface area contributed by atoms with Crippen molar-refractivity contribution in [1.82, 2.24) is 0 Å².